The van der Waals surface area contributed by atoms with Gasteiger partial charge in [0.05, 0.1) is 0 Å². The fourth-order valence-electron chi connectivity index (χ4n) is 1.57. The summed E-state index contributed by atoms with van der Waals surface area (Å²) in [6.45, 7) is 3.96. The molecule has 2 aromatic carbocycles. The topological polar surface area (TPSA) is 26.3 Å². The molecule has 0 aliphatic carbocycles. The Hall–Kier alpha value is -1.43. The van der Waals surface area contributed by atoms with Crippen LogP contribution >= 0.6 is 20.2 Å². The second-order valence-corrected chi connectivity index (χ2v) is 8.51. The Labute approximate surface area is 119 Å². The minimum absolute atomic E-state index is 0.907. The van der Waals surface area contributed by atoms with E-state index < -0.39 is 26.5 Å². The Morgan fingerprint density at radius 1 is 0.895 bits per heavy atom. The van der Waals surface area contributed by atoms with Crippen LogP contribution < -0.4 is 0 Å². The Balaban J connectivity index is 2.37. The van der Waals surface area contributed by atoms with Crippen LogP contribution in [0.25, 0.3) is 0 Å². The van der Waals surface area contributed by atoms with Crippen molar-refractivity contribution in [3.05, 3.63) is 66.8 Å². The molecule has 0 aliphatic heterocycles. The van der Waals surface area contributed by atoms with Crippen LogP contribution in [0.2, 0.25) is 0 Å². The zero-order valence-electron chi connectivity index (χ0n) is 10.7. The number of carbonyl (C=O) groups is 1. The molecule has 0 amide bonds. The van der Waals surface area contributed by atoms with E-state index in [0.29, 0.717) is 0 Å². The van der Waals surface area contributed by atoms with E-state index in [0.717, 1.165) is 18.3 Å². The number of hydrogen-bond acceptors (Lipinski definition) is 2. The van der Waals surface area contributed by atoms with Crippen LogP contribution in [0.1, 0.15) is 11.1 Å². The molecule has 0 radical (unpaired) electrons. The van der Waals surface area contributed by atoms with Crippen molar-refractivity contribution in [3.63, 3.8) is 0 Å². The van der Waals surface area contributed by atoms with Crippen LogP contribution in [0.3, 0.4) is 0 Å². The second kappa shape index (κ2) is 6.14. The van der Waals surface area contributed by atoms with E-state index in [4.69, 9.17) is 3.07 Å². The van der Waals surface area contributed by atoms with Gasteiger partial charge < -0.3 is 0 Å². The molecule has 0 saturated heterocycles. The van der Waals surface area contributed by atoms with Crippen molar-refractivity contribution in [1.82, 2.24) is 0 Å². The predicted molar refractivity (Wildman–Crippen MR) is 81.4 cm³/mol. The van der Waals surface area contributed by atoms with Gasteiger partial charge in [-0.1, -0.05) is 0 Å². The average molecular weight is 372 g/mol. The van der Waals surface area contributed by atoms with Gasteiger partial charge in [0.1, 0.15) is 0 Å². The average Bonchev–Trinajstić information content (AvgIpc) is 2.38. The second-order valence-electron chi connectivity index (χ2n) is 4.15. The molecule has 2 rings (SSSR count). The van der Waals surface area contributed by atoms with E-state index in [2.05, 4.69) is 0 Å². The first-order valence-corrected chi connectivity index (χ1v) is 8.81. The molecule has 0 atom stereocenters. The van der Waals surface area contributed by atoms with Crippen molar-refractivity contribution in [2.75, 3.05) is 0 Å². The summed E-state index contributed by atoms with van der Waals surface area (Å²) in [5, 5.41) is 0. The zero-order valence-corrected chi connectivity index (χ0v) is 12.8. The van der Waals surface area contributed by atoms with Gasteiger partial charge in [0.25, 0.3) is 0 Å². The summed E-state index contributed by atoms with van der Waals surface area (Å²) in [5.74, 6) is 0. The van der Waals surface area contributed by atoms with Crippen molar-refractivity contribution in [2.45, 2.75) is 13.8 Å². The first-order valence-electron chi connectivity index (χ1n) is 5.77. The van der Waals surface area contributed by atoms with Gasteiger partial charge in [-0.25, -0.2) is 0 Å². The monoisotopic (exact) mass is 372 g/mol. The van der Waals surface area contributed by atoms with E-state index in [1.165, 1.54) is 0 Å². The Bertz CT molecular complexity index is 518. The van der Waals surface area contributed by atoms with Crippen LogP contribution in [0.5, 0.6) is 0 Å². The summed E-state index contributed by atoms with van der Waals surface area (Å²) in [7, 11) is 0. The van der Waals surface area contributed by atoms with Crippen LogP contribution in [0.4, 0.5) is 9.18 Å². The molecule has 2 nitrogen and oxygen atoms in total. The SMILES string of the molecule is Cc1ccc(I(OC(=O)F)c2ccc(C)cc2)cc1. The quantitative estimate of drug-likeness (QED) is 0.568. The van der Waals surface area contributed by atoms with Gasteiger partial charge in [0, 0.05) is 0 Å². The molecule has 0 fully saturated rings. The summed E-state index contributed by atoms with van der Waals surface area (Å²) in [4.78, 5) is 10.7. The molecule has 100 valence electrons. The molecule has 4 heteroatoms. The number of halogens is 2. The molecule has 0 bridgehead atoms. The molecular formula is C15H14FIO2. The van der Waals surface area contributed by atoms with Gasteiger partial charge in [0.2, 0.25) is 0 Å². The van der Waals surface area contributed by atoms with Gasteiger partial charge in [-0.15, -0.1) is 0 Å². The number of carbonyl (C=O) groups excluding carboxylic acids is 1. The van der Waals surface area contributed by atoms with Gasteiger partial charge >= 0.3 is 119 Å². The molecule has 19 heavy (non-hydrogen) atoms. The summed E-state index contributed by atoms with van der Waals surface area (Å²) in [6, 6.07) is 15.4. The van der Waals surface area contributed by atoms with Crippen LogP contribution in [0, 0.1) is 21.0 Å². The van der Waals surface area contributed by atoms with E-state index in [1.807, 2.05) is 62.4 Å². The first-order chi connectivity index (χ1) is 9.06. The third-order valence-electron chi connectivity index (χ3n) is 2.56. The van der Waals surface area contributed by atoms with Gasteiger partial charge in [-0.3, -0.25) is 0 Å². The molecule has 0 unspecified atom stereocenters. The number of benzene rings is 2. The van der Waals surface area contributed by atoms with Gasteiger partial charge in [0.15, 0.2) is 0 Å². The fourth-order valence-corrected chi connectivity index (χ4v) is 5.17. The standard InChI is InChI=1S/C15H14FIO2/c1-11-3-7-13(8-4-11)17(19-15(16)18)14-9-5-12(2)6-10-14/h3-10H,1-2H3. The zero-order chi connectivity index (χ0) is 13.8. The van der Waals surface area contributed by atoms with Crippen LogP contribution in [-0.2, 0) is 3.07 Å². The van der Waals surface area contributed by atoms with Crippen molar-refractivity contribution in [3.8, 4) is 0 Å². The first kappa shape index (κ1) is 14.0. The molecule has 0 aromatic heterocycles. The maximum absolute atomic E-state index is 12.7. The predicted octanol–water partition coefficient (Wildman–Crippen LogP) is 4.87. The van der Waals surface area contributed by atoms with E-state index in [-0.39, 0.29) is 0 Å². The number of rotatable bonds is 3. The van der Waals surface area contributed by atoms with Crippen molar-refractivity contribution in [1.29, 1.82) is 0 Å². The van der Waals surface area contributed by atoms with E-state index in [1.54, 1.807) is 0 Å². The molecule has 0 N–H and O–H groups in total. The van der Waals surface area contributed by atoms with Gasteiger partial charge in [-0.2, -0.15) is 0 Å². The van der Waals surface area contributed by atoms with Crippen molar-refractivity contribution in [2.24, 2.45) is 0 Å². The van der Waals surface area contributed by atoms with Crippen LogP contribution in [0.15, 0.2) is 48.5 Å². The molecule has 0 heterocycles. The Kier molecular flexibility index (Phi) is 4.52. The Morgan fingerprint density at radius 3 is 1.58 bits per heavy atom. The third-order valence-corrected chi connectivity index (χ3v) is 7.04. The summed E-state index contributed by atoms with van der Waals surface area (Å²) in [5.41, 5.74) is 2.24. The molecule has 0 aliphatic rings. The molecular weight excluding hydrogens is 358 g/mol. The molecule has 0 spiro atoms. The van der Waals surface area contributed by atoms with Crippen molar-refractivity contribution < 1.29 is 12.3 Å². The molecule has 0 saturated carbocycles. The Morgan fingerprint density at radius 2 is 1.26 bits per heavy atom. The van der Waals surface area contributed by atoms with E-state index in [9.17, 15) is 9.18 Å². The van der Waals surface area contributed by atoms with Crippen molar-refractivity contribution >= 4 is 26.5 Å². The van der Waals surface area contributed by atoms with Gasteiger partial charge in [-0.05, 0) is 0 Å². The van der Waals surface area contributed by atoms with Crippen LogP contribution in [-0.4, -0.2) is 6.22 Å². The summed E-state index contributed by atoms with van der Waals surface area (Å²) < 4.78 is 19.4. The van der Waals surface area contributed by atoms with E-state index >= 15 is 0 Å². The normalized spacial score (nSPS) is 11.0. The molecule has 2 aromatic rings. The number of aryl methyl sites for hydroxylation is 2. The fraction of sp³-hybridized carbons (Fsp3) is 0.133. The minimum atomic E-state index is -2.47. The third kappa shape index (κ3) is 3.76. The maximum atomic E-state index is 12.7. The number of hydrogen-bond donors (Lipinski definition) is 0. The summed E-state index contributed by atoms with van der Waals surface area (Å²) in [6.07, 6.45) is -1.70. The summed E-state index contributed by atoms with van der Waals surface area (Å²) >= 11 is -2.47.